The van der Waals surface area contributed by atoms with Crippen molar-refractivity contribution in [3.8, 4) is 0 Å². The summed E-state index contributed by atoms with van der Waals surface area (Å²) in [5, 5.41) is 3.22. The van der Waals surface area contributed by atoms with Gasteiger partial charge in [-0.2, -0.15) is 0 Å². The second kappa shape index (κ2) is 4.84. The van der Waals surface area contributed by atoms with Crippen LogP contribution in [0.5, 0.6) is 0 Å². The van der Waals surface area contributed by atoms with E-state index in [4.69, 9.17) is 5.73 Å². The molecule has 0 saturated heterocycles. The Bertz CT molecular complexity index is 317. The monoisotopic (exact) mass is 252 g/mol. The van der Waals surface area contributed by atoms with E-state index in [-0.39, 0.29) is 5.91 Å². The molecule has 2 fully saturated rings. The molecule has 2 saturated carbocycles. The number of fused-ring (bicyclic) bond motifs is 2. The van der Waals surface area contributed by atoms with Crippen molar-refractivity contribution >= 4 is 5.91 Å². The lowest BCUT2D eigenvalue weighted by Gasteiger charge is -2.47. The van der Waals surface area contributed by atoms with Crippen LogP contribution in [0.3, 0.4) is 0 Å². The zero-order valence-electron chi connectivity index (χ0n) is 12.2. The largest absolute Gasteiger partial charge is 0.351 e. The van der Waals surface area contributed by atoms with E-state index in [0.29, 0.717) is 17.9 Å². The zero-order valence-corrected chi connectivity index (χ0v) is 12.2. The lowest BCUT2D eigenvalue weighted by molar-refractivity contribution is -0.127. The quantitative estimate of drug-likeness (QED) is 0.792. The topological polar surface area (TPSA) is 55.1 Å². The number of hydrogen-bond acceptors (Lipinski definition) is 2. The number of amides is 1. The van der Waals surface area contributed by atoms with Crippen molar-refractivity contribution in [2.75, 3.05) is 0 Å². The molecule has 2 aliphatic carbocycles. The van der Waals surface area contributed by atoms with Crippen LogP contribution in [-0.2, 0) is 4.79 Å². The molecule has 0 aromatic carbocycles. The van der Waals surface area contributed by atoms with Crippen LogP contribution in [0.4, 0.5) is 0 Å². The third-order valence-corrected chi connectivity index (χ3v) is 4.79. The van der Waals surface area contributed by atoms with Crippen molar-refractivity contribution in [1.82, 2.24) is 5.32 Å². The standard InChI is InChI=1S/C15H28N2O/c1-9-5-11-7-10(2)13(12(6-9)8-11)17-14(18)15(3,4)16/h9-13H,5-8,16H2,1-4H3,(H,17,18). The molecule has 0 aromatic rings. The summed E-state index contributed by atoms with van der Waals surface area (Å²) >= 11 is 0. The molecule has 2 aliphatic rings. The van der Waals surface area contributed by atoms with Gasteiger partial charge in [0.05, 0.1) is 5.54 Å². The highest BCUT2D eigenvalue weighted by Gasteiger charge is 2.41. The molecule has 5 unspecified atom stereocenters. The molecular formula is C15H28N2O. The van der Waals surface area contributed by atoms with Crippen LogP contribution in [0.15, 0.2) is 0 Å². The number of nitrogens with one attached hydrogen (secondary N) is 1. The molecule has 0 spiro atoms. The zero-order chi connectivity index (χ0) is 13.5. The van der Waals surface area contributed by atoms with Gasteiger partial charge < -0.3 is 11.1 Å². The Hall–Kier alpha value is -0.570. The van der Waals surface area contributed by atoms with Crippen LogP contribution in [0, 0.1) is 23.7 Å². The molecule has 3 heteroatoms. The van der Waals surface area contributed by atoms with Gasteiger partial charge >= 0.3 is 0 Å². The van der Waals surface area contributed by atoms with E-state index < -0.39 is 5.54 Å². The Kier molecular flexibility index (Phi) is 3.72. The van der Waals surface area contributed by atoms with Crippen LogP contribution >= 0.6 is 0 Å². The fraction of sp³-hybridized carbons (Fsp3) is 0.933. The lowest BCUT2D eigenvalue weighted by atomic mass is 9.63. The minimum absolute atomic E-state index is 0.00368. The molecule has 0 aromatic heterocycles. The smallest absolute Gasteiger partial charge is 0.239 e. The van der Waals surface area contributed by atoms with Gasteiger partial charge in [0, 0.05) is 6.04 Å². The van der Waals surface area contributed by atoms with Crippen LogP contribution in [0.2, 0.25) is 0 Å². The molecule has 3 nitrogen and oxygen atoms in total. The first-order chi connectivity index (χ1) is 8.27. The Morgan fingerprint density at radius 1 is 1.17 bits per heavy atom. The molecule has 104 valence electrons. The first kappa shape index (κ1) is 13.9. The number of carbonyl (C=O) groups is 1. The third-order valence-electron chi connectivity index (χ3n) is 4.79. The Morgan fingerprint density at radius 3 is 2.44 bits per heavy atom. The third kappa shape index (κ3) is 2.87. The molecule has 0 aliphatic heterocycles. The Morgan fingerprint density at radius 2 is 1.83 bits per heavy atom. The molecule has 5 atom stereocenters. The van der Waals surface area contributed by atoms with Crippen LogP contribution < -0.4 is 11.1 Å². The van der Waals surface area contributed by atoms with Gasteiger partial charge in [-0.05, 0) is 63.2 Å². The molecule has 18 heavy (non-hydrogen) atoms. The van der Waals surface area contributed by atoms with Gasteiger partial charge in [-0.3, -0.25) is 4.79 Å². The van der Waals surface area contributed by atoms with Crippen LogP contribution in [-0.4, -0.2) is 17.5 Å². The van der Waals surface area contributed by atoms with Crippen LogP contribution in [0.1, 0.15) is 53.4 Å². The summed E-state index contributed by atoms with van der Waals surface area (Å²) in [5.41, 5.74) is 5.12. The first-order valence-electron chi connectivity index (χ1n) is 7.37. The van der Waals surface area contributed by atoms with E-state index in [1.54, 1.807) is 13.8 Å². The highest BCUT2D eigenvalue weighted by Crippen LogP contribution is 2.44. The second-order valence-electron chi connectivity index (χ2n) is 7.37. The van der Waals surface area contributed by atoms with E-state index in [1.165, 1.54) is 25.7 Å². The molecule has 2 bridgehead atoms. The van der Waals surface area contributed by atoms with E-state index in [9.17, 15) is 4.79 Å². The lowest BCUT2D eigenvalue weighted by Crippen LogP contribution is -2.57. The van der Waals surface area contributed by atoms with E-state index in [0.717, 1.165) is 11.8 Å². The van der Waals surface area contributed by atoms with E-state index in [2.05, 4.69) is 19.2 Å². The minimum atomic E-state index is -0.767. The van der Waals surface area contributed by atoms with Crippen molar-refractivity contribution in [2.24, 2.45) is 29.4 Å². The average molecular weight is 252 g/mol. The van der Waals surface area contributed by atoms with Gasteiger partial charge in [-0.15, -0.1) is 0 Å². The normalized spacial score (nSPS) is 40.4. The van der Waals surface area contributed by atoms with Crippen molar-refractivity contribution in [3.63, 3.8) is 0 Å². The van der Waals surface area contributed by atoms with Gasteiger partial charge in [0.1, 0.15) is 0 Å². The molecular weight excluding hydrogens is 224 g/mol. The summed E-state index contributed by atoms with van der Waals surface area (Å²) < 4.78 is 0. The van der Waals surface area contributed by atoms with Gasteiger partial charge in [0.15, 0.2) is 0 Å². The summed E-state index contributed by atoms with van der Waals surface area (Å²) in [6, 6.07) is 0.333. The van der Waals surface area contributed by atoms with Crippen LogP contribution in [0.25, 0.3) is 0 Å². The summed E-state index contributed by atoms with van der Waals surface area (Å²) in [6.45, 7) is 8.19. The number of nitrogens with two attached hydrogens (primary N) is 1. The van der Waals surface area contributed by atoms with Crippen molar-refractivity contribution in [3.05, 3.63) is 0 Å². The van der Waals surface area contributed by atoms with Crippen molar-refractivity contribution in [2.45, 2.75) is 65.0 Å². The first-order valence-corrected chi connectivity index (χ1v) is 7.37. The van der Waals surface area contributed by atoms with E-state index >= 15 is 0 Å². The van der Waals surface area contributed by atoms with E-state index in [1.807, 2.05) is 0 Å². The summed E-state index contributed by atoms with van der Waals surface area (Å²) in [5.74, 6) is 2.94. The molecule has 0 heterocycles. The summed E-state index contributed by atoms with van der Waals surface area (Å²) in [4.78, 5) is 12.1. The van der Waals surface area contributed by atoms with Gasteiger partial charge in [0.25, 0.3) is 0 Å². The van der Waals surface area contributed by atoms with Gasteiger partial charge in [-0.25, -0.2) is 0 Å². The Labute approximate surface area is 111 Å². The predicted molar refractivity (Wildman–Crippen MR) is 74.0 cm³/mol. The second-order valence-corrected chi connectivity index (χ2v) is 7.37. The number of rotatable bonds is 2. The molecule has 0 radical (unpaired) electrons. The highest BCUT2D eigenvalue weighted by molar-refractivity contribution is 5.85. The SMILES string of the molecule is CC1CC2CC(C)C(NC(=O)C(C)(C)N)C(C1)C2. The average Bonchev–Trinajstić information content (AvgIpc) is 2.21. The summed E-state index contributed by atoms with van der Waals surface area (Å²) in [7, 11) is 0. The maximum absolute atomic E-state index is 12.1. The fourth-order valence-corrected chi connectivity index (χ4v) is 4.02. The molecule has 1 amide bonds. The molecule has 2 rings (SSSR count). The van der Waals surface area contributed by atoms with Crippen molar-refractivity contribution < 1.29 is 4.79 Å². The minimum Gasteiger partial charge on any atom is -0.351 e. The molecule has 3 N–H and O–H groups in total. The highest BCUT2D eigenvalue weighted by atomic mass is 16.2. The van der Waals surface area contributed by atoms with Crippen molar-refractivity contribution in [1.29, 1.82) is 0 Å². The summed E-state index contributed by atoms with van der Waals surface area (Å²) in [6.07, 6.45) is 5.20. The van der Waals surface area contributed by atoms with Gasteiger partial charge in [0.2, 0.25) is 5.91 Å². The Balaban J connectivity index is 2.05. The maximum atomic E-state index is 12.1. The predicted octanol–water partition coefficient (Wildman–Crippen LogP) is 2.30. The van der Waals surface area contributed by atoms with Gasteiger partial charge in [-0.1, -0.05) is 13.8 Å². The maximum Gasteiger partial charge on any atom is 0.239 e. The fourth-order valence-electron chi connectivity index (χ4n) is 4.02. The number of hydrogen-bond donors (Lipinski definition) is 2. The number of carbonyl (C=O) groups excluding carboxylic acids is 1.